The van der Waals surface area contributed by atoms with Crippen LogP contribution < -0.4 is 9.47 Å². The first-order valence-electron chi connectivity index (χ1n) is 7.79. The lowest BCUT2D eigenvalue weighted by atomic mass is 10.1. The Bertz CT molecular complexity index is 944. The van der Waals surface area contributed by atoms with E-state index in [1.54, 1.807) is 36.5 Å². The molecule has 1 unspecified atom stereocenters. The average Bonchev–Trinajstić information content (AvgIpc) is 2.65. The zero-order valence-electron chi connectivity index (χ0n) is 13.1. The Hall–Kier alpha value is -3.15. The number of benzene rings is 2. The molecule has 126 valence electrons. The van der Waals surface area contributed by atoms with Crippen molar-refractivity contribution >= 4 is 16.9 Å². The molecule has 4 rings (SSSR count). The van der Waals surface area contributed by atoms with Crippen molar-refractivity contribution in [3.63, 3.8) is 0 Å². The zero-order valence-corrected chi connectivity index (χ0v) is 13.1. The third-order valence-corrected chi connectivity index (χ3v) is 3.89. The maximum absolute atomic E-state index is 13.7. The molecule has 0 radical (unpaired) electrons. The van der Waals surface area contributed by atoms with Crippen LogP contribution in [0.1, 0.15) is 5.56 Å². The SMILES string of the molecule is O=C(OCc1cc(F)cc2cccnc12)C1COc2ccccc2O1. The van der Waals surface area contributed by atoms with Crippen LogP contribution in [0, 0.1) is 5.82 Å². The molecule has 25 heavy (non-hydrogen) atoms. The van der Waals surface area contributed by atoms with Gasteiger partial charge < -0.3 is 14.2 Å². The summed E-state index contributed by atoms with van der Waals surface area (Å²) in [5, 5.41) is 0.653. The van der Waals surface area contributed by atoms with Gasteiger partial charge in [0.15, 0.2) is 11.5 Å². The average molecular weight is 339 g/mol. The van der Waals surface area contributed by atoms with E-state index in [2.05, 4.69) is 4.98 Å². The molecule has 0 bridgehead atoms. The van der Waals surface area contributed by atoms with E-state index in [4.69, 9.17) is 14.2 Å². The van der Waals surface area contributed by atoms with E-state index >= 15 is 0 Å². The predicted octanol–water partition coefficient (Wildman–Crippen LogP) is 3.26. The van der Waals surface area contributed by atoms with Gasteiger partial charge >= 0.3 is 5.97 Å². The molecule has 0 spiro atoms. The molecule has 1 aliphatic rings. The molecule has 0 fully saturated rings. The first-order valence-corrected chi connectivity index (χ1v) is 7.79. The monoisotopic (exact) mass is 339 g/mol. The van der Waals surface area contributed by atoms with Crippen LogP contribution in [0.3, 0.4) is 0 Å². The van der Waals surface area contributed by atoms with Crippen LogP contribution >= 0.6 is 0 Å². The van der Waals surface area contributed by atoms with Crippen molar-refractivity contribution in [2.45, 2.75) is 12.7 Å². The van der Waals surface area contributed by atoms with Gasteiger partial charge in [0.25, 0.3) is 0 Å². The van der Waals surface area contributed by atoms with Crippen LogP contribution in [0.5, 0.6) is 11.5 Å². The molecule has 2 aromatic carbocycles. The Morgan fingerprint density at radius 2 is 2.04 bits per heavy atom. The highest BCUT2D eigenvalue weighted by molar-refractivity contribution is 5.82. The number of hydrogen-bond donors (Lipinski definition) is 0. The second-order valence-corrected chi connectivity index (χ2v) is 5.61. The topological polar surface area (TPSA) is 57.7 Å². The summed E-state index contributed by atoms with van der Waals surface area (Å²) in [6.45, 7) is -0.0242. The molecule has 3 aromatic rings. The third-order valence-electron chi connectivity index (χ3n) is 3.89. The quantitative estimate of drug-likeness (QED) is 0.686. The van der Waals surface area contributed by atoms with Crippen molar-refractivity contribution in [1.82, 2.24) is 4.98 Å². The van der Waals surface area contributed by atoms with E-state index in [0.717, 1.165) is 0 Å². The molecule has 0 saturated heterocycles. The minimum atomic E-state index is -0.859. The molecule has 0 saturated carbocycles. The Morgan fingerprint density at radius 3 is 2.92 bits per heavy atom. The summed E-state index contributed by atoms with van der Waals surface area (Å²) in [5.74, 6) is 0.112. The van der Waals surface area contributed by atoms with Crippen LogP contribution in [0.2, 0.25) is 0 Å². The number of hydrogen-bond acceptors (Lipinski definition) is 5. The number of carbonyl (C=O) groups excluding carboxylic acids is 1. The van der Waals surface area contributed by atoms with Crippen molar-refractivity contribution in [3.8, 4) is 11.5 Å². The van der Waals surface area contributed by atoms with Gasteiger partial charge in [-0.15, -0.1) is 0 Å². The van der Waals surface area contributed by atoms with Gasteiger partial charge in [-0.2, -0.15) is 0 Å². The Morgan fingerprint density at radius 1 is 1.20 bits per heavy atom. The highest BCUT2D eigenvalue weighted by Crippen LogP contribution is 2.31. The molecule has 1 atom stereocenters. The van der Waals surface area contributed by atoms with E-state index in [-0.39, 0.29) is 13.2 Å². The standard InChI is InChI=1S/C19H14FNO4/c20-14-8-12-4-3-7-21-18(12)13(9-14)10-24-19(22)17-11-23-15-5-1-2-6-16(15)25-17/h1-9,17H,10-11H2. The highest BCUT2D eigenvalue weighted by atomic mass is 19.1. The third kappa shape index (κ3) is 3.10. The largest absolute Gasteiger partial charge is 0.485 e. The Kier molecular flexibility index (Phi) is 3.93. The van der Waals surface area contributed by atoms with Crippen molar-refractivity contribution in [3.05, 3.63) is 66.1 Å². The fourth-order valence-electron chi connectivity index (χ4n) is 2.72. The number of aromatic nitrogens is 1. The number of esters is 1. The van der Waals surface area contributed by atoms with Gasteiger partial charge in [-0.25, -0.2) is 9.18 Å². The van der Waals surface area contributed by atoms with E-state index < -0.39 is 17.9 Å². The second-order valence-electron chi connectivity index (χ2n) is 5.61. The number of halogens is 1. The van der Waals surface area contributed by atoms with Gasteiger partial charge in [0, 0.05) is 17.1 Å². The van der Waals surface area contributed by atoms with Gasteiger partial charge in [0.05, 0.1) is 5.52 Å². The maximum Gasteiger partial charge on any atom is 0.351 e. The van der Waals surface area contributed by atoms with Gasteiger partial charge in [-0.3, -0.25) is 4.98 Å². The van der Waals surface area contributed by atoms with E-state index in [1.807, 2.05) is 6.07 Å². The Balaban J connectivity index is 1.48. The molecule has 0 aliphatic carbocycles. The lowest BCUT2D eigenvalue weighted by Gasteiger charge is -2.25. The minimum Gasteiger partial charge on any atom is -0.485 e. The van der Waals surface area contributed by atoms with Gasteiger partial charge in [0.2, 0.25) is 6.10 Å². The summed E-state index contributed by atoms with van der Waals surface area (Å²) >= 11 is 0. The number of rotatable bonds is 3. The number of carbonyl (C=O) groups is 1. The number of nitrogens with zero attached hydrogens (tertiary/aromatic N) is 1. The molecule has 0 amide bonds. The fraction of sp³-hybridized carbons (Fsp3) is 0.158. The van der Waals surface area contributed by atoms with Crippen LogP contribution in [-0.4, -0.2) is 23.7 Å². The molecule has 5 nitrogen and oxygen atoms in total. The summed E-state index contributed by atoms with van der Waals surface area (Å²) in [7, 11) is 0. The summed E-state index contributed by atoms with van der Waals surface area (Å²) < 4.78 is 30.1. The van der Waals surface area contributed by atoms with Crippen molar-refractivity contribution in [2.24, 2.45) is 0 Å². The number of fused-ring (bicyclic) bond motifs is 2. The molecule has 1 aliphatic heterocycles. The summed E-state index contributed by atoms with van der Waals surface area (Å²) in [6.07, 6.45) is 0.753. The van der Waals surface area contributed by atoms with Crippen LogP contribution in [0.15, 0.2) is 54.7 Å². The summed E-state index contributed by atoms with van der Waals surface area (Å²) in [4.78, 5) is 16.5. The number of ether oxygens (including phenoxy) is 3. The van der Waals surface area contributed by atoms with Crippen molar-refractivity contribution < 1.29 is 23.4 Å². The van der Waals surface area contributed by atoms with Crippen LogP contribution in [0.25, 0.3) is 10.9 Å². The molecule has 6 heteroatoms. The van der Waals surface area contributed by atoms with Crippen LogP contribution in [-0.2, 0) is 16.1 Å². The van der Waals surface area contributed by atoms with E-state index in [9.17, 15) is 9.18 Å². The Labute approximate surface area is 143 Å². The van der Waals surface area contributed by atoms with Gasteiger partial charge in [-0.05, 0) is 30.3 Å². The first-order chi connectivity index (χ1) is 12.2. The van der Waals surface area contributed by atoms with Crippen LogP contribution in [0.4, 0.5) is 4.39 Å². The van der Waals surface area contributed by atoms with Crippen molar-refractivity contribution in [1.29, 1.82) is 0 Å². The predicted molar refractivity (Wildman–Crippen MR) is 87.9 cm³/mol. The second kappa shape index (κ2) is 6.39. The normalized spacial score (nSPS) is 15.8. The fourth-order valence-corrected chi connectivity index (χ4v) is 2.72. The van der Waals surface area contributed by atoms with E-state index in [0.29, 0.717) is 28.0 Å². The molecular weight excluding hydrogens is 325 g/mol. The highest BCUT2D eigenvalue weighted by Gasteiger charge is 2.28. The van der Waals surface area contributed by atoms with Gasteiger partial charge in [0.1, 0.15) is 19.0 Å². The maximum atomic E-state index is 13.7. The summed E-state index contributed by atoms with van der Waals surface area (Å²) in [6, 6.07) is 13.3. The first kappa shape index (κ1) is 15.4. The molecule has 0 N–H and O–H groups in total. The summed E-state index contributed by atoms with van der Waals surface area (Å²) in [5.41, 5.74) is 1.10. The number of pyridine rings is 1. The van der Waals surface area contributed by atoms with Gasteiger partial charge in [-0.1, -0.05) is 18.2 Å². The van der Waals surface area contributed by atoms with E-state index in [1.165, 1.54) is 12.1 Å². The smallest absolute Gasteiger partial charge is 0.351 e. The lowest BCUT2D eigenvalue weighted by molar-refractivity contribution is -0.155. The molecular formula is C19H14FNO4. The zero-order chi connectivity index (χ0) is 17.2. The molecule has 2 heterocycles. The minimum absolute atomic E-state index is 0.0675. The molecule has 1 aromatic heterocycles. The van der Waals surface area contributed by atoms with Crippen molar-refractivity contribution in [2.75, 3.05) is 6.61 Å². The lowest BCUT2D eigenvalue weighted by Crippen LogP contribution is -2.37. The number of para-hydroxylation sites is 2.